The molecule has 1 saturated heterocycles. The molecule has 0 unspecified atom stereocenters. The third-order valence-electron chi connectivity index (χ3n) is 5.10. The Hall–Kier alpha value is -3.06. The number of likely N-dealkylation sites (N-methyl/N-ethyl adjacent to an activating group) is 1. The number of anilines is 1. The van der Waals surface area contributed by atoms with E-state index in [9.17, 15) is 0 Å². The van der Waals surface area contributed by atoms with Gasteiger partial charge >= 0.3 is 0 Å². The van der Waals surface area contributed by atoms with Gasteiger partial charge in [0, 0.05) is 58.1 Å². The van der Waals surface area contributed by atoms with Crippen molar-refractivity contribution in [1.29, 1.82) is 0 Å². The number of para-hydroxylation sites is 1. The van der Waals surface area contributed by atoms with E-state index in [4.69, 9.17) is 4.74 Å². The fourth-order valence-electron chi connectivity index (χ4n) is 3.30. The van der Waals surface area contributed by atoms with Crippen molar-refractivity contribution in [2.75, 3.05) is 51.8 Å². The zero-order valence-corrected chi connectivity index (χ0v) is 18.0. The second-order valence-corrected chi connectivity index (χ2v) is 7.30. The Labute approximate surface area is 179 Å². The zero-order chi connectivity index (χ0) is 21.2. The van der Waals surface area contributed by atoms with E-state index in [-0.39, 0.29) is 0 Å². The third-order valence-corrected chi connectivity index (χ3v) is 5.10. The first-order valence-electron chi connectivity index (χ1n) is 10.3. The lowest BCUT2D eigenvalue weighted by atomic mass is 10.2. The summed E-state index contributed by atoms with van der Waals surface area (Å²) in [5.41, 5.74) is 2.25. The molecule has 0 atom stereocenters. The number of hydrogen-bond donors (Lipinski definition) is 2. The molecule has 1 aliphatic heterocycles. The summed E-state index contributed by atoms with van der Waals surface area (Å²) in [6.45, 7) is 9.65. The van der Waals surface area contributed by atoms with Crippen LogP contribution in [0.25, 0.3) is 0 Å². The topological polar surface area (TPSA) is 65.0 Å². The van der Waals surface area contributed by atoms with Crippen LogP contribution in [0, 0.1) is 0 Å². The lowest BCUT2D eigenvalue weighted by molar-refractivity contribution is 0.312. The number of aromatic nitrogens is 1. The van der Waals surface area contributed by atoms with E-state index in [1.807, 2.05) is 36.5 Å². The van der Waals surface area contributed by atoms with Gasteiger partial charge < -0.3 is 25.2 Å². The van der Waals surface area contributed by atoms with Gasteiger partial charge in [-0.25, -0.2) is 4.98 Å². The molecule has 2 aromatic rings. The number of hydrogen-bond acceptors (Lipinski definition) is 5. The molecule has 0 bridgehead atoms. The molecule has 2 heterocycles. The molecule has 1 aromatic heterocycles. The van der Waals surface area contributed by atoms with Crippen molar-refractivity contribution >= 4 is 11.8 Å². The highest BCUT2D eigenvalue weighted by Gasteiger charge is 2.15. The number of guanidine groups is 1. The van der Waals surface area contributed by atoms with Gasteiger partial charge in [0.1, 0.15) is 18.2 Å². The number of ether oxygens (including phenoxy) is 1. The predicted octanol–water partition coefficient (Wildman–Crippen LogP) is 2.26. The molecule has 30 heavy (non-hydrogen) atoms. The summed E-state index contributed by atoms with van der Waals surface area (Å²) >= 11 is 0. The number of benzene rings is 1. The molecule has 0 aliphatic carbocycles. The summed E-state index contributed by atoms with van der Waals surface area (Å²) in [4.78, 5) is 13.6. The standard InChI is InChI=1S/C23H32N6O/c1-4-15-30-21-8-6-5-7-20(21)18-27-23(24-2)26-17-19-9-10-25-22(16-19)29-13-11-28(3)12-14-29/h4-10,16H,1,11-15,17-18H2,2-3H3,(H2,24,26,27). The molecule has 0 radical (unpaired) electrons. The number of aliphatic imine (C=N–C) groups is 1. The molecular formula is C23H32N6O. The van der Waals surface area contributed by atoms with Crippen molar-refractivity contribution in [2.24, 2.45) is 4.99 Å². The molecule has 2 N–H and O–H groups in total. The minimum absolute atomic E-state index is 0.488. The van der Waals surface area contributed by atoms with E-state index < -0.39 is 0 Å². The van der Waals surface area contributed by atoms with Crippen molar-refractivity contribution in [3.05, 3.63) is 66.4 Å². The largest absolute Gasteiger partial charge is 0.489 e. The van der Waals surface area contributed by atoms with E-state index in [1.165, 1.54) is 5.56 Å². The maximum atomic E-state index is 5.73. The van der Waals surface area contributed by atoms with Crippen molar-refractivity contribution in [1.82, 2.24) is 20.5 Å². The zero-order valence-electron chi connectivity index (χ0n) is 18.0. The molecule has 160 valence electrons. The molecule has 1 aromatic carbocycles. The summed E-state index contributed by atoms with van der Waals surface area (Å²) in [7, 11) is 3.94. The van der Waals surface area contributed by atoms with Crippen LogP contribution < -0.4 is 20.3 Å². The van der Waals surface area contributed by atoms with E-state index >= 15 is 0 Å². The van der Waals surface area contributed by atoms with Gasteiger partial charge in [-0.1, -0.05) is 30.9 Å². The van der Waals surface area contributed by atoms with E-state index in [1.54, 1.807) is 13.1 Å². The van der Waals surface area contributed by atoms with Gasteiger partial charge in [0.25, 0.3) is 0 Å². The van der Waals surface area contributed by atoms with Crippen LogP contribution in [0.2, 0.25) is 0 Å². The van der Waals surface area contributed by atoms with Crippen LogP contribution in [0.15, 0.2) is 60.2 Å². The second-order valence-electron chi connectivity index (χ2n) is 7.30. The van der Waals surface area contributed by atoms with Crippen LogP contribution in [0.3, 0.4) is 0 Å². The maximum absolute atomic E-state index is 5.73. The van der Waals surface area contributed by atoms with Crippen LogP contribution in [-0.2, 0) is 13.1 Å². The lowest BCUT2D eigenvalue weighted by Gasteiger charge is -2.33. The predicted molar refractivity (Wildman–Crippen MR) is 123 cm³/mol. The number of rotatable bonds is 8. The number of nitrogens with one attached hydrogen (secondary N) is 2. The molecule has 1 fully saturated rings. The molecular weight excluding hydrogens is 376 g/mol. The first-order valence-corrected chi connectivity index (χ1v) is 10.3. The first kappa shape index (κ1) is 21.6. The van der Waals surface area contributed by atoms with Gasteiger partial charge in [0.2, 0.25) is 0 Å². The Morgan fingerprint density at radius 3 is 2.70 bits per heavy atom. The molecule has 3 rings (SSSR count). The maximum Gasteiger partial charge on any atom is 0.191 e. The molecule has 0 saturated carbocycles. The molecule has 0 spiro atoms. The normalized spacial score (nSPS) is 15.0. The smallest absolute Gasteiger partial charge is 0.191 e. The highest BCUT2D eigenvalue weighted by atomic mass is 16.5. The Kier molecular flexibility index (Phi) is 8.09. The van der Waals surface area contributed by atoms with E-state index in [2.05, 4.69) is 50.1 Å². The Morgan fingerprint density at radius 1 is 1.17 bits per heavy atom. The van der Waals surface area contributed by atoms with Crippen molar-refractivity contribution < 1.29 is 4.74 Å². The van der Waals surface area contributed by atoms with Crippen LogP contribution in [0.4, 0.5) is 5.82 Å². The number of nitrogens with zero attached hydrogens (tertiary/aromatic N) is 4. The van der Waals surface area contributed by atoms with Crippen molar-refractivity contribution in [3.63, 3.8) is 0 Å². The average Bonchev–Trinajstić information content (AvgIpc) is 2.79. The lowest BCUT2D eigenvalue weighted by Crippen LogP contribution is -2.44. The van der Waals surface area contributed by atoms with Crippen molar-refractivity contribution in [2.45, 2.75) is 13.1 Å². The highest BCUT2D eigenvalue weighted by molar-refractivity contribution is 5.79. The van der Waals surface area contributed by atoms with Gasteiger partial charge in [-0.3, -0.25) is 4.99 Å². The summed E-state index contributed by atoms with van der Waals surface area (Å²) in [5, 5.41) is 6.74. The fraction of sp³-hybridized carbons (Fsp3) is 0.391. The Morgan fingerprint density at radius 2 is 1.93 bits per heavy atom. The Bertz CT molecular complexity index is 845. The van der Waals surface area contributed by atoms with Crippen molar-refractivity contribution in [3.8, 4) is 5.75 Å². The summed E-state index contributed by atoms with van der Waals surface area (Å²) in [5.74, 6) is 2.64. The van der Waals surface area contributed by atoms with Gasteiger partial charge in [-0.2, -0.15) is 0 Å². The summed E-state index contributed by atoms with van der Waals surface area (Å²) < 4.78 is 5.73. The van der Waals surface area contributed by atoms with Gasteiger partial charge in [0.15, 0.2) is 5.96 Å². The molecule has 7 heteroatoms. The second kappa shape index (κ2) is 11.2. The van der Waals surface area contributed by atoms with E-state index in [0.717, 1.165) is 49.3 Å². The van der Waals surface area contributed by atoms with Crippen LogP contribution >= 0.6 is 0 Å². The number of pyridine rings is 1. The van der Waals surface area contributed by atoms with E-state index in [0.29, 0.717) is 19.7 Å². The molecule has 0 amide bonds. The fourth-order valence-corrected chi connectivity index (χ4v) is 3.30. The first-order chi connectivity index (χ1) is 14.7. The monoisotopic (exact) mass is 408 g/mol. The van der Waals surface area contributed by atoms with Crippen LogP contribution in [0.5, 0.6) is 5.75 Å². The third kappa shape index (κ3) is 6.22. The quantitative estimate of drug-likeness (QED) is 0.397. The number of piperazine rings is 1. The van der Waals surface area contributed by atoms with Gasteiger partial charge in [-0.05, 0) is 30.8 Å². The van der Waals surface area contributed by atoms with Gasteiger partial charge in [-0.15, -0.1) is 0 Å². The Balaban J connectivity index is 1.54. The average molecular weight is 409 g/mol. The molecule has 7 nitrogen and oxygen atoms in total. The van der Waals surface area contributed by atoms with Crippen LogP contribution in [0.1, 0.15) is 11.1 Å². The highest BCUT2D eigenvalue weighted by Crippen LogP contribution is 2.18. The van der Waals surface area contributed by atoms with Gasteiger partial charge in [0.05, 0.1) is 0 Å². The summed E-state index contributed by atoms with van der Waals surface area (Å²) in [6.07, 6.45) is 3.63. The SMILES string of the molecule is C=CCOc1ccccc1CNC(=NC)NCc1ccnc(N2CCN(C)CC2)c1. The molecule has 1 aliphatic rings. The minimum atomic E-state index is 0.488. The summed E-state index contributed by atoms with van der Waals surface area (Å²) in [6, 6.07) is 12.2. The van der Waals surface area contributed by atoms with Crippen LogP contribution in [-0.4, -0.2) is 62.7 Å². The minimum Gasteiger partial charge on any atom is -0.489 e.